The molecule has 8 heteroatoms. The van der Waals surface area contributed by atoms with Gasteiger partial charge in [0.2, 0.25) is 5.91 Å². The number of methoxy groups -OCH3 is 1. The van der Waals surface area contributed by atoms with E-state index in [0.717, 1.165) is 6.42 Å². The number of hydrogen-bond donors (Lipinski definition) is 2. The van der Waals surface area contributed by atoms with E-state index >= 15 is 0 Å². The molecule has 4 unspecified atom stereocenters. The van der Waals surface area contributed by atoms with Crippen molar-refractivity contribution in [2.45, 2.75) is 29.8 Å². The molecule has 0 saturated carbocycles. The zero-order valence-corrected chi connectivity index (χ0v) is 20.1. The highest BCUT2D eigenvalue weighted by Gasteiger charge is 2.81. The number of ketones is 1. The molecule has 4 aliphatic rings. The molecule has 186 valence electrons. The van der Waals surface area contributed by atoms with Crippen LogP contribution in [0.4, 0.5) is 15.8 Å². The summed E-state index contributed by atoms with van der Waals surface area (Å²) >= 11 is 0. The fraction of sp³-hybridized carbons (Fsp3) is 0.276. The summed E-state index contributed by atoms with van der Waals surface area (Å²) in [4.78, 5) is 45.3. The molecule has 0 radical (unpaired) electrons. The Balaban J connectivity index is 1.60. The van der Waals surface area contributed by atoms with E-state index in [9.17, 15) is 18.8 Å². The van der Waals surface area contributed by atoms with Crippen LogP contribution in [0.15, 0.2) is 66.7 Å². The lowest BCUT2D eigenvalue weighted by atomic mass is 9.57. The van der Waals surface area contributed by atoms with Crippen LogP contribution in [0.3, 0.4) is 0 Å². The monoisotopic (exact) mass is 497 g/mol. The van der Waals surface area contributed by atoms with Gasteiger partial charge in [-0.25, -0.2) is 4.39 Å². The van der Waals surface area contributed by atoms with Crippen LogP contribution >= 0.6 is 0 Å². The third-order valence-electron chi connectivity index (χ3n) is 8.71. The number of carbonyl (C=O) groups is 3. The van der Waals surface area contributed by atoms with Crippen molar-refractivity contribution < 1.29 is 23.5 Å². The molecular formula is C29H24FN3O4. The number of nitrogens with zero attached hydrogens (tertiary/aromatic N) is 1. The van der Waals surface area contributed by atoms with Crippen LogP contribution in [0.1, 0.15) is 34.3 Å². The first-order chi connectivity index (χ1) is 18.0. The maximum absolute atomic E-state index is 14.8. The van der Waals surface area contributed by atoms with Crippen molar-refractivity contribution >= 4 is 29.0 Å². The van der Waals surface area contributed by atoms with Crippen LogP contribution in [0.25, 0.3) is 0 Å². The Morgan fingerprint density at radius 3 is 2.54 bits per heavy atom. The Morgan fingerprint density at radius 1 is 0.973 bits per heavy atom. The first kappa shape index (κ1) is 22.2. The second kappa shape index (κ2) is 7.49. The lowest BCUT2D eigenvalue weighted by molar-refractivity contribution is -0.137. The number of hydrogen-bond acceptors (Lipinski definition) is 5. The van der Waals surface area contributed by atoms with Gasteiger partial charge in [0.25, 0.3) is 5.91 Å². The molecule has 3 aromatic rings. The van der Waals surface area contributed by atoms with Gasteiger partial charge >= 0.3 is 0 Å². The summed E-state index contributed by atoms with van der Waals surface area (Å²) < 4.78 is 20.3. The molecule has 2 fully saturated rings. The molecule has 3 aromatic carbocycles. The second-order valence-electron chi connectivity index (χ2n) is 10.1. The van der Waals surface area contributed by atoms with Gasteiger partial charge in [0.05, 0.1) is 18.6 Å². The van der Waals surface area contributed by atoms with Crippen LogP contribution in [0.5, 0.6) is 5.75 Å². The molecule has 7 nitrogen and oxygen atoms in total. The van der Waals surface area contributed by atoms with E-state index in [2.05, 4.69) is 10.6 Å². The highest BCUT2D eigenvalue weighted by molar-refractivity contribution is 6.21. The van der Waals surface area contributed by atoms with E-state index in [1.165, 1.54) is 25.3 Å². The number of halogens is 1. The van der Waals surface area contributed by atoms with Gasteiger partial charge in [-0.2, -0.15) is 0 Å². The average Bonchev–Trinajstić information content (AvgIpc) is 3.62. The molecule has 37 heavy (non-hydrogen) atoms. The molecule has 4 aliphatic heterocycles. The lowest BCUT2D eigenvalue weighted by Crippen LogP contribution is -2.62. The van der Waals surface area contributed by atoms with E-state index in [4.69, 9.17) is 4.74 Å². The molecular weight excluding hydrogens is 473 g/mol. The molecule has 2 N–H and O–H groups in total. The minimum absolute atomic E-state index is 0.268. The third-order valence-corrected chi connectivity index (χ3v) is 8.71. The van der Waals surface area contributed by atoms with Crippen LogP contribution in [-0.2, 0) is 20.5 Å². The average molecular weight is 498 g/mol. The number of anilines is 2. The smallest absolute Gasteiger partial charge is 0.251 e. The maximum Gasteiger partial charge on any atom is 0.251 e. The highest BCUT2D eigenvalue weighted by Crippen LogP contribution is 2.68. The number of Topliss-reactive ketones (excluding diaryl/α,β-unsaturated/α-hetero) is 1. The van der Waals surface area contributed by atoms with Crippen LogP contribution in [0, 0.1) is 11.7 Å². The van der Waals surface area contributed by atoms with Crippen molar-refractivity contribution in [3.8, 4) is 5.75 Å². The summed E-state index contributed by atoms with van der Waals surface area (Å²) in [5.74, 6) is -2.12. The summed E-state index contributed by atoms with van der Waals surface area (Å²) in [7, 11) is 1.50. The summed E-state index contributed by atoms with van der Waals surface area (Å²) in [5, 5.41) is 5.91. The number of fused-ring (bicyclic) bond motifs is 7. The number of carbonyl (C=O) groups excluding carboxylic acids is 3. The normalized spacial score (nSPS) is 29.2. The Morgan fingerprint density at radius 2 is 1.70 bits per heavy atom. The van der Waals surface area contributed by atoms with Crippen molar-refractivity contribution in [3.63, 3.8) is 0 Å². The number of ether oxygens (including phenoxy) is 1. The minimum atomic E-state index is -1.62. The Bertz CT molecular complexity index is 1520. The molecule has 4 heterocycles. The molecule has 2 saturated heterocycles. The van der Waals surface area contributed by atoms with Crippen molar-refractivity contribution in [3.05, 3.63) is 89.2 Å². The first-order valence-electron chi connectivity index (χ1n) is 12.4. The third kappa shape index (κ3) is 2.46. The Hall–Kier alpha value is -4.04. The van der Waals surface area contributed by atoms with Crippen LogP contribution < -0.4 is 15.4 Å². The lowest BCUT2D eigenvalue weighted by Gasteiger charge is -2.43. The molecule has 0 bridgehead atoms. The quantitative estimate of drug-likeness (QED) is 0.537. The van der Waals surface area contributed by atoms with E-state index < -0.39 is 40.5 Å². The van der Waals surface area contributed by atoms with Crippen molar-refractivity contribution in [1.29, 1.82) is 0 Å². The number of nitrogens with one attached hydrogen (secondary N) is 2. The molecule has 0 aliphatic carbocycles. The van der Waals surface area contributed by atoms with Gasteiger partial charge in [-0.1, -0.05) is 30.3 Å². The maximum atomic E-state index is 14.8. The fourth-order valence-corrected chi connectivity index (χ4v) is 7.57. The van der Waals surface area contributed by atoms with Gasteiger partial charge in [0.1, 0.15) is 22.5 Å². The van der Waals surface area contributed by atoms with E-state index in [1.807, 2.05) is 17.0 Å². The number of benzene rings is 3. The van der Waals surface area contributed by atoms with Gasteiger partial charge in [0, 0.05) is 23.0 Å². The summed E-state index contributed by atoms with van der Waals surface area (Å²) in [6.07, 6.45) is 1.38. The molecule has 0 aromatic heterocycles. The molecule has 4 atom stereocenters. The van der Waals surface area contributed by atoms with Crippen molar-refractivity contribution in [2.75, 3.05) is 24.3 Å². The SMILES string of the molecule is COc1ccccc1C(=O)C1C2CCCN2C2(C(=O)Nc3ccc(F)cc32)C12C(=O)Nc1ccccc12. The van der Waals surface area contributed by atoms with Crippen LogP contribution in [0.2, 0.25) is 0 Å². The number of para-hydroxylation sites is 2. The van der Waals surface area contributed by atoms with Gasteiger partial charge in [-0.15, -0.1) is 0 Å². The van der Waals surface area contributed by atoms with E-state index in [-0.39, 0.29) is 5.78 Å². The number of amides is 2. The summed E-state index contributed by atoms with van der Waals surface area (Å²) in [5.41, 5.74) is -0.863. The highest BCUT2D eigenvalue weighted by atomic mass is 19.1. The zero-order valence-electron chi connectivity index (χ0n) is 20.1. The Kier molecular flexibility index (Phi) is 4.49. The van der Waals surface area contributed by atoms with Crippen molar-refractivity contribution in [1.82, 2.24) is 4.90 Å². The fourth-order valence-electron chi connectivity index (χ4n) is 7.57. The van der Waals surface area contributed by atoms with Crippen molar-refractivity contribution in [2.24, 2.45) is 5.92 Å². The Labute approximate surface area is 212 Å². The van der Waals surface area contributed by atoms with Gasteiger partial charge in [-0.05, 0) is 61.3 Å². The summed E-state index contributed by atoms with van der Waals surface area (Å²) in [6.45, 7) is 0.501. The summed E-state index contributed by atoms with van der Waals surface area (Å²) in [6, 6.07) is 17.9. The van der Waals surface area contributed by atoms with Gasteiger partial charge < -0.3 is 15.4 Å². The second-order valence-corrected chi connectivity index (χ2v) is 10.1. The van der Waals surface area contributed by atoms with Crippen LogP contribution in [-0.4, -0.2) is 42.2 Å². The molecule has 2 spiro atoms. The van der Waals surface area contributed by atoms with Gasteiger partial charge in [-0.3, -0.25) is 19.3 Å². The zero-order chi connectivity index (χ0) is 25.5. The molecule has 7 rings (SSSR count). The van der Waals surface area contributed by atoms with Gasteiger partial charge in [0.15, 0.2) is 5.78 Å². The first-order valence-corrected chi connectivity index (χ1v) is 12.4. The minimum Gasteiger partial charge on any atom is -0.496 e. The predicted octanol–water partition coefficient (Wildman–Crippen LogP) is 3.85. The predicted molar refractivity (Wildman–Crippen MR) is 134 cm³/mol. The standard InChI is InChI=1S/C29H24FN3O4/c1-37-23-11-5-2-7-17(23)25(34)24-22-10-6-14-33(22)29(19-15-16(30)12-13-21(19)32-27(29)36)28(24)18-8-3-4-9-20(18)31-26(28)35/h2-5,7-9,11-13,15,22,24H,6,10,14H2,1H3,(H,31,35)(H,32,36). The van der Waals surface area contributed by atoms with E-state index in [0.29, 0.717) is 46.8 Å². The number of rotatable bonds is 3. The topological polar surface area (TPSA) is 87.7 Å². The molecule has 2 amide bonds. The largest absolute Gasteiger partial charge is 0.496 e. The van der Waals surface area contributed by atoms with E-state index in [1.54, 1.807) is 36.4 Å².